The zero-order valence-electron chi connectivity index (χ0n) is 10.9. The molecule has 2 N–H and O–H groups in total. The second-order valence-corrected chi connectivity index (χ2v) is 5.10. The SMILES string of the molecule is Nc1ccc2ncn(Cc3cc(F)ccc3Cl)c(=O)c2c1. The normalized spacial score (nSPS) is 11.0. The van der Waals surface area contributed by atoms with Crippen LogP contribution in [0.4, 0.5) is 10.1 Å². The van der Waals surface area contributed by atoms with Gasteiger partial charge in [0, 0.05) is 10.7 Å². The molecule has 3 rings (SSSR count). The lowest BCUT2D eigenvalue weighted by Gasteiger charge is -2.08. The molecule has 0 bridgehead atoms. The minimum Gasteiger partial charge on any atom is -0.399 e. The molecule has 0 saturated carbocycles. The van der Waals surface area contributed by atoms with Gasteiger partial charge in [0.2, 0.25) is 0 Å². The summed E-state index contributed by atoms with van der Waals surface area (Å²) < 4.78 is 14.7. The number of anilines is 1. The molecule has 0 aliphatic carbocycles. The van der Waals surface area contributed by atoms with E-state index in [9.17, 15) is 9.18 Å². The first-order chi connectivity index (χ1) is 10.0. The molecule has 0 radical (unpaired) electrons. The van der Waals surface area contributed by atoms with Crippen LogP contribution < -0.4 is 11.3 Å². The van der Waals surface area contributed by atoms with E-state index >= 15 is 0 Å². The van der Waals surface area contributed by atoms with Crippen molar-refractivity contribution in [2.45, 2.75) is 6.54 Å². The summed E-state index contributed by atoms with van der Waals surface area (Å²) in [5, 5.41) is 0.820. The van der Waals surface area contributed by atoms with Crippen molar-refractivity contribution in [1.29, 1.82) is 0 Å². The predicted molar refractivity (Wildman–Crippen MR) is 80.9 cm³/mol. The molecule has 2 aromatic carbocycles. The van der Waals surface area contributed by atoms with Crippen LogP contribution in [-0.4, -0.2) is 9.55 Å². The van der Waals surface area contributed by atoms with Crippen LogP contribution in [0.5, 0.6) is 0 Å². The van der Waals surface area contributed by atoms with E-state index < -0.39 is 5.82 Å². The quantitative estimate of drug-likeness (QED) is 0.741. The minimum atomic E-state index is -0.402. The molecule has 0 amide bonds. The van der Waals surface area contributed by atoms with Crippen molar-refractivity contribution in [2.75, 3.05) is 5.73 Å². The van der Waals surface area contributed by atoms with Crippen LogP contribution >= 0.6 is 11.6 Å². The first-order valence-corrected chi connectivity index (χ1v) is 6.61. The number of nitrogen functional groups attached to an aromatic ring is 1. The smallest absolute Gasteiger partial charge is 0.261 e. The molecule has 0 spiro atoms. The highest BCUT2D eigenvalue weighted by atomic mass is 35.5. The number of hydrogen-bond donors (Lipinski definition) is 1. The summed E-state index contributed by atoms with van der Waals surface area (Å²) in [6, 6.07) is 8.98. The Morgan fingerprint density at radius 3 is 2.86 bits per heavy atom. The summed E-state index contributed by atoms with van der Waals surface area (Å²) in [5.74, 6) is -0.402. The van der Waals surface area contributed by atoms with Crippen LogP contribution in [0, 0.1) is 5.82 Å². The molecular weight excluding hydrogens is 293 g/mol. The third-order valence-electron chi connectivity index (χ3n) is 3.20. The number of aromatic nitrogens is 2. The molecular formula is C15H11ClFN3O. The Labute approximate surface area is 124 Å². The van der Waals surface area contributed by atoms with Gasteiger partial charge in [0.05, 0.1) is 23.8 Å². The number of nitrogens with two attached hydrogens (primary N) is 1. The van der Waals surface area contributed by atoms with Gasteiger partial charge in [0.15, 0.2) is 0 Å². The number of fused-ring (bicyclic) bond motifs is 1. The average Bonchev–Trinajstić information content (AvgIpc) is 2.46. The number of halogens is 2. The maximum atomic E-state index is 13.3. The van der Waals surface area contributed by atoms with Crippen molar-refractivity contribution < 1.29 is 4.39 Å². The Morgan fingerprint density at radius 1 is 1.24 bits per heavy atom. The lowest BCUT2D eigenvalue weighted by Crippen LogP contribution is -2.21. The summed E-state index contributed by atoms with van der Waals surface area (Å²) in [6.07, 6.45) is 1.42. The average molecular weight is 304 g/mol. The first-order valence-electron chi connectivity index (χ1n) is 6.23. The minimum absolute atomic E-state index is 0.146. The van der Waals surface area contributed by atoms with Gasteiger partial charge in [-0.25, -0.2) is 9.37 Å². The molecule has 0 atom stereocenters. The van der Waals surface area contributed by atoms with Crippen molar-refractivity contribution in [3.8, 4) is 0 Å². The van der Waals surface area contributed by atoms with Crippen LogP contribution in [0.25, 0.3) is 10.9 Å². The van der Waals surface area contributed by atoms with Gasteiger partial charge in [-0.05, 0) is 42.0 Å². The van der Waals surface area contributed by atoms with E-state index in [1.165, 1.54) is 29.1 Å². The van der Waals surface area contributed by atoms with E-state index in [1.807, 2.05) is 0 Å². The Morgan fingerprint density at radius 2 is 2.05 bits per heavy atom. The lowest BCUT2D eigenvalue weighted by atomic mass is 10.2. The van der Waals surface area contributed by atoms with E-state index in [1.54, 1.807) is 18.2 Å². The Bertz CT molecular complexity index is 892. The summed E-state index contributed by atoms with van der Waals surface area (Å²) in [4.78, 5) is 16.6. The molecule has 1 aromatic heterocycles. The van der Waals surface area contributed by atoms with Gasteiger partial charge in [-0.3, -0.25) is 9.36 Å². The molecule has 0 fully saturated rings. The first kappa shape index (κ1) is 13.6. The standard InChI is InChI=1S/C15H11ClFN3O/c16-13-3-1-10(17)5-9(13)7-20-8-19-14-4-2-11(18)6-12(14)15(20)21/h1-6,8H,7,18H2. The summed E-state index contributed by atoms with van der Waals surface area (Å²) >= 11 is 6.02. The Hall–Kier alpha value is -2.40. The predicted octanol–water partition coefficient (Wildman–Crippen LogP) is 2.82. The third-order valence-corrected chi connectivity index (χ3v) is 3.57. The fourth-order valence-corrected chi connectivity index (χ4v) is 2.31. The van der Waals surface area contributed by atoms with Gasteiger partial charge < -0.3 is 5.73 Å². The highest BCUT2D eigenvalue weighted by molar-refractivity contribution is 6.31. The van der Waals surface area contributed by atoms with E-state index in [-0.39, 0.29) is 12.1 Å². The summed E-state index contributed by atoms with van der Waals surface area (Å²) in [5.41, 5.74) is 7.02. The zero-order valence-corrected chi connectivity index (χ0v) is 11.6. The molecule has 0 aliphatic heterocycles. The molecule has 0 aliphatic rings. The fourth-order valence-electron chi connectivity index (χ4n) is 2.14. The molecule has 0 unspecified atom stereocenters. The van der Waals surface area contributed by atoms with Gasteiger partial charge in [-0.15, -0.1) is 0 Å². The van der Waals surface area contributed by atoms with E-state index in [4.69, 9.17) is 17.3 Å². The van der Waals surface area contributed by atoms with E-state index in [0.717, 1.165) is 0 Å². The monoisotopic (exact) mass is 303 g/mol. The largest absolute Gasteiger partial charge is 0.399 e. The Kier molecular flexibility index (Phi) is 3.35. The van der Waals surface area contributed by atoms with Crippen molar-refractivity contribution in [3.63, 3.8) is 0 Å². The molecule has 1 heterocycles. The lowest BCUT2D eigenvalue weighted by molar-refractivity contribution is 0.622. The fraction of sp³-hybridized carbons (Fsp3) is 0.0667. The second-order valence-electron chi connectivity index (χ2n) is 4.69. The van der Waals surface area contributed by atoms with Crippen molar-refractivity contribution >= 4 is 28.2 Å². The molecule has 4 nitrogen and oxygen atoms in total. The van der Waals surface area contributed by atoms with Crippen molar-refractivity contribution in [3.05, 3.63) is 69.5 Å². The van der Waals surface area contributed by atoms with E-state index in [2.05, 4.69) is 4.98 Å². The number of nitrogens with zero attached hydrogens (tertiary/aromatic N) is 2. The highest BCUT2D eigenvalue weighted by Crippen LogP contribution is 2.18. The molecule has 3 aromatic rings. The number of benzene rings is 2. The highest BCUT2D eigenvalue weighted by Gasteiger charge is 2.08. The molecule has 6 heteroatoms. The van der Waals surface area contributed by atoms with Gasteiger partial charge in [0.25, 0.3) is 5.56 Å². The maximum Gasteiger partial charge on any atom is 0.261 e. The molecule has 106 valence electrons. The van der Waals surface area contributed by atoms with Crippen molar-refractivity contribution in [1.82, 2.24) is 9.55 Å². The van der Waals surface area contributed by atoms with Gasteiger partial charge in [0.1, 0.15) is 5.82 Å². The van der Waals surface area contributed by atoms with Crippen LogP contribution in [0.15, 0.2) is 47.5 Å². The van der Waals surface area contributed by atoms with Crippen LogP contribution in [-0.2, 0) is 6.54 Å². The summed E-state index contributed by atoms with van der Waals surface area (Å²) in [7, 11) is 0. The number of rotatable bonds is 2. The van der Waals surface area contributed by atoms with Gasteiger partial charge >= 0.3 is 0 Å². The van der Waals surface area contributed by atoms with Crippen LogP contribution in [0.2, 0.25) is 5.02 Å². The summed E-state index contributed by atoms with van der Waals surface area (Å²) in [6.45, 7) is 0.146. The number of hydrogen-bond acceptors (Lipinski definition) is 3. The van der Waals surface area contributed by atoms with Crippen molar-refractivity contribution in [2.24, 2.45) is 0 Å². The van der Waals surface area contributed by atoms with Gasteiger partial charge in [-0.1, -0.05) is 11.6 Å². The topological polar surface area (TPSA) is 60.9 Å². The molecule has 21 heavy (non-hydrogen) atoms. The van der Waals surface area contributed by atoms with Crippen LogP contribution in [0.3, 0.4) is 0 Å². The third kappa shape index (κ3) is 2.60. The maximum absolute atomic E-state index is 13.3. The molecule has 0 saturated heterocycles. The zero-order chi connectivity index (χ0) is 15.0. The Balaban J connectivity index is 2.11. The van der Waals surface area contributed by atoms with Gasteiger partial charge in [-0.2, -0.15) is 0 Å². The van der Waals surface area contributed by atoms with E-state index in [0.29, 0.717) is 27.2 Å². The van der Waals surface area contributed by atoms with Crippen LogP contribution in [0.1, 0.15) is 5.56 Å². The second kappa shape index (κ2) is 5.18.